The second-order valence-electron chi connectivity index (χ2n) is 4.21. The Kier molecular flexibility index (Phi) is 2.77. The number of aromatic nitrogens is 2. The Labute approximate surface area is 95.0 Å². The van der Waals surface area contributed by atoms with Crippen LogP contribution in [0.2, 0.25) is 5.02 Å². The molecule has 3 nitrogen and oxygen atoms in total. The van der Waals surface area contributed by atoms with E-state index in [1.165, 1.54) is 0 Å². The van der Waals surface area contributed by atoms with Crippen molar-refractivity contribution in [3.8, 4) is 0 Å². The maximum atomic E-state index is 10.7. The zero-order chi connectivity index (χ0) is 11.1. The summed E-state index contributed by atoms with van der Waals surface area (Å²) in [6.45, 7) is 4.76. The van der Waals surface area contributed by atoms with Crippen LogP contribution in [0.25, 0.3) is 0 Å². The lowest BCUT2D eigenvalue weighted by Gasteiger charge is -2.28. The number of hydrogen-bond acceptors (Lipinski definition) is 2. The van der Waals surface area contributed by atoms with E-state index >= 15 is 0 Å². The van der Waals surface area contributed by atoms with Crippen LogP contribution in [0.3, 0.4) is 0 Å². The molecule has 0 aromatic carbocycles. The van der Waals surface area contributed by atoms with Crippen LogP contribution in [-0.2, 0) is 12.1 Å². The molecule has 1 aliphatic carbocycles. The van der Waals surface area contributed by atoms with Crippen LogP contribution in [0.15, 0.2) is 6.20 Å². The highest BCUT2D eigenvalue weighted by atomic mass is 35.5. The van der Waals surface area contributed by atoms with E-state index in [9.17, 15) is 5.11 Å². The number of aliphatic hydroxyl groups is 1. The average molecular weight is 229 g/mol. The van der Waals surface area contributed by atoms with Crippen LogP contribution >= 0.6 is 11.6 Å². The van der Waals surface area contributed by atoms with Gasteiger partial charge in [0.1, 0.15) is 5.60 Å². The van der Waals surface area contributed by atoms with Crippen molar-refractivity contribution in [2.45, 2.75) is 45.3 Å². The maximum absolute atomic E-state index is 10.7. The van der Waals surface area contributed by atoms with E-state index < -0.39 is 5.60 Å². The van der Waals surface area contributed by atoms with Crippen LogP contribution in [0, 0.1) is 5.92 Å². The third-order valence-corrected chi connectivity index (χ3v) is 3.57. The molecule has 0 amide bonds. The Balaban J connectivity index is 2.44. The van der Waals surface area contributed by atoms with Gasteiger partial charge in [-0.05, 0) is 32.1 Å². The lowest BCUT2D eigenvalue weighted by Crippen LogP contribution is -2.31. The lowest BCUT2D eigenvalue weighted by atomic mass is 9.90. The lowest BCUT2D eigenvalue weighted by molar-refractivity contribution is 0.000447. The maximum Gasteiger partial charge on any atom is 0.110 e. The molecule has 1 unspecified atom stereocenters. The monoisotopic (exact) mass is 228 g/mol. The molecular weight excluding hydrogens is 212 g/mol. The zero-order valence-corrected chi connectivity index (χ0v) is 9.96. The highest BCUT2D eigenvalue weighted by Gasteiger charge is 2.46. The van der Waals surface area contributed by atoms with Gasteiger partial charge in [0.2, 0.25) is 0 Å². The smallest absolute Gasteiger partial charge is 0.110 e. The SMILES string of the molecule is CCn1ncc(Cl)c1C(O)(CC)C1CC1. The van der Waals surface area contributed by atoms with Gasteiger partial charge in [0.25, 0.3) is 0 Å². The summed E-state index contributed by atoms with van der Waals surface area (Å²) in [4.78, 5) is 0. The molecule has 1 aromatic heterocycles. The average Bonchev–Trinajstić information content (AvgIpc) is 3.02. The first-order valence-electron chi connectivity index (χ1n) is 5.57. The minimum atomic E-state index is -0.774. The van der Waals surface area contributed by atoms with E-state index in [1.807, 2.05) is 18.5 Å². The predicted molar refractivity (Wildman–Crippen MR) is 59.8 cm³/mol. The number of aryl methyl sites for hydroxylation is 1. The van der Waals surface area contributed by atoms with Crippen molar-refractivity contribution in [1.29, 1.82) is 0 Å². The number of rotatable bonds is 4. The molecule has 0 saturated heterocycles. The third kappa shape index (κ3) is 1.68. The summed E-state index contributed by atoms with van der Waals surface area (Å²) in [5.41, 5.74) is 0.0283. The molecular formula is C11H17ClN2O. The van der Waals surface area contributed by atoms with Gasteiger partial charge in [0.15, 0.2) is 0 Å². The Hall–Kier alpha value is -0.540. The summed E-state index contributed by atoms with van der Waals surface area (Å²) in [5.74, 6) is 0.363. The second kappa shape index (κ2) is 3.80. The molecule has 1 atom stereocenters. The second-order valence-corrected chi connectivity index (χ2v) is 4.62. The number of nitrogens with zero attached hydrogens (tertiary/aromatic N) is 2. The fourth-order valence-electron chi connectivity index (χ4n) is 2.24. The topological polar surface area (TPSA) is 38.0 Å². The molecule has 15 heavy (non-hydrogen) atoms. The van der Waals surface area contributed by atoms with E-state index in [0.29, 0.717) is 17.4 Å². The van der Waals surface area contributed by atoms with Crippen molar-refractivity contribution < 1.29 is 5.11 Å². The van der Waals surface area contributed by atoms with Crippen molar-refractivity contribution in [3.63, 3.8) is 0 Å². The highest BCUT2D eigenvalue weighted by molar-refractivity contribution is 6.31. The van der Waals surface area contributed by atoms with Gasteiger partial charge in [-0.2, -0.15) is 5.10 Å². The molecule has 0 spiro atoms. The van der Waals surface area contributed by atoms with E-state index in [1.54, 1.807) is 6.20 Å². The molecule has 1 aliphatic rings. The number of halogens is 1. The van der Waals surface area contributed by atoms with Gasteiger partial charge in [0.05, 0.1) is 16.9 Å². The molecule has 1 N–H and O–H groups in total. The van der Waals surface area contributed by atoms with Gasteiger partial charge >= 0.3 is 0 Å². The Morgan fingerprint density at radius 2 is 2.27 bits per heavy atom. The number of hydrogen-bond donors (Lipinski definition) is 1. The fraction of sp³-hybridized carbons (Fsp3) is 0.727. The van der Waals surface area contributed by atoms with E-state index in [4.69, 9.17) is 11.6 Å². The van der Waals surface area contributed by atoms with E-state index in [-0.39, 0.29) is 0 Å². The summed E-state index contributed by atoms with van der Waals surface area (Å²) in [5, 5.41) is 15.4. The molecule has 1 heterocycles. The molecule has 0 aliphatic heterocycles. The summed E-state index contributed by atoms with van der Waals surface area (Å²) in [6.07, 6.45) is 4.51. The molecule has 84 valence electrons. The van der Waals surface area contributed by atoms with Gasteiger partial charge in [-0.15, -0.1) is 0 Å². The van der Waals surface area contributed by atoms with Gasteiger partial charge in [0, 0.05) is 6.54 Å². The Morgan fingerprint density at radius 3 is 2.73 bits per heavy atom. The van der Waals surface area contributed by atoms with E-state index in [2.05, 4.69) is 5.10 Å². The highest BCUT2D eigenvalue weighted by Crippen LogP contribution is 2.49. The van der Waals surface area contributed by atoms with Crippen molar-refractivity contribution >= 4 is 11.6 Å². The van der Waals surface area contributed by atoms with Gasteiger partial charge in [-0.3, -0.25) is 4.68 Å². The third-order valence-electron chi connectivity index (χ3n) is 3.30. The van der Waals surface area contributed by atoms with Crippen LogP contribution < -0.4 is 0 Å². The van der Waals surface area contributed by atoms with Crippen LogP contribution in [0.4, 0.5) is 0 Å². The summed E-state index contributed by atoms with van der Waals surface area (Å²) in [7, 11) is 0. The molecule has 4 heteroatoms. The quantitative estimate of drug-likeness (QED) is 0.860. The standard InChI is InChI=1S/C11H17ClN2O/c1-3-11(15,8-5-6-8)10-9(12)7-13-14(10)4-2/h7-8,15H,3-6H2,1-2H3. The van der Waals surface area contributed by atoms with Crippen molar-refractivity contribution in [2.75, 3.05) is 0 Å². The van der Waals surface area contributed by atoms with Crippen LogP contribution in [-0.4, -0.2) is 14.9 Å². The first-order valence-corrected chi connectivity index (χ1v) is 5.95. The first kappa shape index (κ1) is 11.0. The predicted octanol–water partition coefficient (Wildman–Crippen LogP) is 2.56. The summed E-state index contributed by atoms with van der Waals surface area (Å²) >= 11 is 6.12. The Bertz CT molecular complexity index is 359. The Morgan fingerprint density at radius 1 is 1.60 bits per heavy atom. The van der Waals surface area contributed by atoms with Crippen molar-refractivity contribution in [2.24, 2.45) is 5.92 Å². The molecule has 0 radical (unpaired) electrons. The van der Waals surface area contributed by atoms with Gasteiger partial charge < -0.3 is 5.11 Å². The van der Waals surface area contributed by atoms with Gasteiger partial charge in [-0.25, -0.2) is 0 Å². The molecule has 2 rings (SSSR count). The summed E-state index contributed by atoms with van der Waals surface area (Å²) < 4.78 is 1.81. The first-order chi connectivity index (χ1) is 7.13. The summed E-state index contributed by atoms with van der Waals surface area (Å²) in [6, 6.07) is 0. The molecule has 1 fully saturated rings. The van der Waals surface area contributed by atoms with Crippen LogP contribution in [0.1, 0.15) is 38.8 Å². The van der Waals surface area contributed by atoms with Crippen molar-refractivity contribution in [3.05, 3.63) is 16.9 Å². The minimum absolute atomic E-state index is 0.363. The van der Waals surface area contributed by atoms with Crippen molar-refractivity contribution in [1.82, 2.24) is 9.78 Å². The molecule has 0 bridgehead atoms. The molecule has 1 saturated carbocycles. The zero-order valence-electron chi connectivity index (χ0n) is 9.20. The van der Waals surface area contributed by atoms with E-state index in [0.717, 1.165) is 25.1 Å². The normalized spacial score (nSPS) is 20.3. The minimum Gasteiger partial charge on any atom is -0.383 e. The van der Waals surface area contributed by atoms with Gasteiger partial charge in [-0.1, -0.05) is 18.5 Å². The molecule has 1 aromatic rings. The van der Waals surface area contributed by atoms with Crippen LogP contribution in [0.5, 0.6) is 0 Å². The fourth-order valence-corrected chi connectivity index (χ4v) is 2.55. The largest absolute Gasteiger partial charge is 0.383 e.